The van der Waals surface area contributed by atoms with Crippen molar-refractivity contribution in [2.24, 2.45) is 5.10 Å². The number of aliphatic hydroxyl groups is 1. The molecule has 2 aromatic carbocycles. The maximum atomic E-state index is 11.9. The maximum Gasteiger partial charge on any atom is 0.273 e. The number of benzene rings is 2. The number of nitrogens with zero attached hydrogens (tertiary/aromatic N) is 2. The Morgan fingerprint density at radius 3 is 2.48 bits per heavy atom. The Bertz CT molecular complexity index is 728. The number of hydrogen-bond donors (Lipinski definition) is 3. The molecule has 0 aromatic heterocycles. The molecule has 2 aromatic rings. The first-order chi connectivity index (χ1) is 12.1. The van der Waals surface area contributed by atoms with E-state index in [1.165, 1.54) is 6.21 Å². The molecular formula is C19H23N3O3. The van der Waals surface area contributed by atoms with E-state index in [1.54, 1.807) is 42.5 Å². The van der Waals surface area contributed by atoms with Gasteiger partial charge in [-0.15, -0.1) is 0 Å². The molecule has 0 unspecified atom stereocenters. The molecule has 0 fully saturated rings. The summed E-state index contributed by atoms with van der Waals surface area (Å²) in [5, 5.41) is 23.9. The molecule has 2 rings (SSSR count). The number of amides is 1. The van der Waals surface area contributed by atoms with Crippen LogP contribution in [0, 0.1) is 0 Å². The van der Waals surface area contributed by atoms with Crippen molar-refractivity contribution >= 4 is 17.8 Å². The number of hydrogen-bond acceptors (Lipinski definition) is 5. The van der Waals surface area contributed by atoms with Crippen LogP contribution in [0.1, 0.15) is 31.1 Å². The van der Waals surface area contributed by atoms with E-state index in [9.17, 15) is 15.0 Å². The molecule has 6 nitrogen and oxygen atoms in total. The molecule has 25 heavy (non-hydrogen) atoms. The first kappa shape index (κ1) is 18.5. The van der Waals surface area contributed by atoms with E-state index in [4.69, 9.17) is 0 Å². The first-order valence-electron chi connectivity index (χ1n) is 8.20. The van der Waals surface area contributed by atoms with Crippen molar-refractivity contribution in [3.8, 4) is 5.75 Å². The predicted molar refractivity (Wildman–Crippen MR) is 98.8 cm³/mol. The van der Waals surface area contributed by atoms with E-state index in [0.717, 1.165) is 18.8 Å². The topological polar surface area (TPSA) is 85.2 Å². The van der Waals surface area contributed by atoms with E-state index < -0.39 is 12.0 Å². The minimum atomic E-state index is -1.29. The minimum Gasteiger partial charge on any atom is -0.507 e. The lowest BCUT2D eigenvalue weighted by molar-refractivity contribution is -0.129. The van der Waals surface area contributed by atoms with Crippen LogP contribution in [-0.2, 0) is 4.79 Å². The zero-order valence-corrected chi connectivity index (χ0v) is 14.4. The molecular weight excluding hydrogens is 318 g/mol. The fourth-order valence-electron chi connectivity index (χ4n) is 2.44. The largest absolute Gasteiger partial charge is 0.507 e. The van der Waals surface area contributed by atoms with Crippen molar-refractivity contribution in [3.05, 3.63) is 59.7 Å². The number of hydrazone groups is 1. The van der Waals surface area contributed by atoms with Crippen LogP contribution in [0.4, 0.5) is 5.69 Å². The fourth-order valence-corrected chi connectivity index (χ4v) is 2.44. The lowest BCUT2D eigenvalue weighted by atomic mass is 10.1. The van der Waals surface area contributed by atoms with Gasteiger partial charge in [-0.05, 0) is 31.5 Å². The number of nitrogens with one attached hydrogen (secondary N) is 1. The van der Waals surface area contributed by atoms with Gasteiger partial charge in [-0.25, -0.2) is 5.43 Å². The molecule has 0 aliphatic heterocycles. The highest BCUT2D eigenvalue weighted by molar-refractivity contribution is 5.87. The Morgan fingerprint density at radius 2 is 1.88 bits per heavy atom. The average molecular weight is 341 g/mol. The van der Waals surface area contributed by atoms with Gasteiger partial charge in [-0.2, -0.15) is 5.10 Å². The van der Waals surface area contributed by atoms with Crippen LogP contribution in [0.5, 0.6) is 5.75 Å². The number of anilines is 1. The number of carbonyl (C=O) groups excluding carboxylic acids is 1. The normalized spacial score (nSPS) is 12.1. The van der Waals surface area contributed by atoms with E-state index in [1.807, 2.05) is 19.9 Å². The summed E-state index contributed by atoms with van der Waals surface area (Å²) in [7, 11) is 0. The summed E-state index contributed by atoms with van der Waals surface area (Å²) in [4.78, 5) is 14.0. The van der Waals surface area contributed by atoms with Gasteiger partial charge in [0, 0.05) is 30.4 Å². The van der Waals surface area contributed by atoms with Gasteiger partial charge >= 0.3 is 0 Å². The highest BCUT2D eigenvalue weighted by Gasteiger charge is 2.16. The third kappa shape index (κ3) is 4.81. The standard InChI is InChI=1S/C19H23N3O3/c1-3-22(4-2)16-11-10-15(17(23)12-16)13-20-21-19(25)18(24)14-8-6-5-7-9-14/h5-13,18,23-24H,3-4H2,1-2H3,(H,21,25)/b20-13-/t18-/m0/s1. The molecule has 132 valence electrons. The maximum absolute atomic E-state index is 11.9. The second-order valence-corrected chi connectivity index (χ2v) is 5.46. The van der Waals surface area contributed by atoms with Gasteiger partial charge in [0.15, 0.2) is 6.10 Å². The zero-order chi connectivity index (χ0) is 18.2. The molecule has 1 atom stereocenters. The highest BCUT2D eigenvalue weighted by atomic mass is 16.3. The smallest absolute Gasteiger partial charge is 0.273 e. The third-order valence-electron chi connectivity index (χ3n) is 3.88. The van der Waals surface area contributed by atoms with Crippen LogP contribution in [0.3, 0.4) is 0 Å². The van der Waals surface area contributed by atoms with Crippen molar-refractivity contribution in [1.82, 2.24) is 5.43 Å². The summed E-state index contributed by atoms with van der Waals surface area (Å²) in [6.45, 7) is 5.78. The SMILES string of the molecule is CCN(CC)c1ccc(/C=N\NC(=O)[C@@H](O)c2ccccc2)c(O)c1. The first-order valence-corrected chi connectivity index (χ1v) is 8.20. The van der Waals surface area contributed by atoms with E-state index in [2.05, 4.69) is 15.4 Å². The molecule has 0 aliphatic carbocycles. The summed E-state index contributed by atoms with van der Waals surface area (Å²) in [5.41, 5.74) is 4.16. The minimum absolute atomic E-state index is 0.0750. The number of phenolic OH excluding ortho intramolecular Hbond substituents is 1. The fraction of sp³-hybridized carbons (Fsp3) is 0.263. The molecule has 0 bridgehead atoms. The summed E-state index contributed by atoms with van der Waals surface area (Å²) in [6, 6.07) is 13.9. The second kappa shape index (κ2) is 8.84. The molecule has 1 amide bonds. The van der Waals surface area contributed by atoms with Gasteiger partial charge < -0.3 is 15.1 Å². The van der Waals surface area contributed by atoms with Crippen LogP contribution in [0.2, 0.25) is 0 Å². The Labute approximate surface area is 147 Å². The second-order valence-electron chi connectivity index (χ2n) is 5.46. The van der Waals surface area contributed by atoms with Gasteiger partial charge in [-0.3, -0.25) is 4.79 Å². The molecule has 0 radical (unpaired) electrons. The van der Waals surface area contributed by atoms with Crippen LogP contribution in [0.15, 0.2) is 53.6 Å². The van der Waals surface area contributed by atoms with Crippen LogP contribution in [-0.4, -0.2) is 35.4 Å². The van der Waals surface area contributed by atoms with Crippen LogP contribution < -0.4 is 10.3 Å². The monoisotopic (exact) mass is 341 g/mol. The van der Waals surface area contributed by atoms with Crippen molar-refractivity contribution in [2.75, 3.05) is 18.0 Å². The average Bonchev–Trinajstić information content (AvgIpc) is 2.64. The molecule has 6 heteroatoms. The van der Waals surface area contributed by atoms with E-state index in [0.29, 0.717) is 11.1 Å². The summed E-state index contributed by atoms with van der Waals surface area (Å²) in [5.74, 6) is -0.562. The number of phenols is 1. The Balaban J connectivity index is 2.01. The van der Waals surface area contributed by atoms with Gasteiger partial charge in [0.25, 0.3) is 5.91 Å². The van der Waals surface area contributed by atoms with E-state index in [-0.39, 0.29) is 5.75 Å². The molecule has 3 N–H and O–H groups in total. The van der Waals surface area contributed by atoms with Crippen LogP contribution >= 0.6 is 0 Å². The number of rotatable bonds is 7. The third-order valence-corrected chi connectivity index (χ3v) is 3.88. The van der Waals surface area contributed by atoms with Gasteiger partial charge in [-0.1, -0.05) is 30.3 Å². The predicted octanol–water partition coefficient (Wildman–Crippen LogP) is 2.42. The summed E-state index contributed by atoms with van der Waals surface area (Å²) in [6.07, 6.45) is 0.0498. The summed E-state index contributed by atoms with van der Waals surface area (Å²) >= 11 is 0. The Hall–Kier alpha value is -2.86. The lowest BCUT2D eigenvalue weighted by Crippen LogP contribution is -2.25. The lowest BCUT2D eigenvalue weighted by Gasteiger charge is -2.21. The van der Waals surface area contributed by atoms with Gasteiger partial charge in [0.1, 0.15) is 5.75 Å². The number of aromatic hydroxyl groups is 1. The van der Waals surface area contributed by atoms with Gasteiger partial charge in [0.2, 0.25) is 0 Å². The Kier molecular flexibility index (Phi) is 6.54. The molecule has 0 saturated carbocycles. The highest BCUT2D eigenvalue weighted by Crippen LogP contribution is 2.23. The molecule has 0 aliphatic rings. The van der Waals surface area contributed by atoms with Crippen molar-refractivity contribution in [3.63, 3.8) is 0 Å². The number of carbonyl (C=O) groups is 1. The van der Waals surface area contributed by atoms with Crippen molar-refractivity contribution in [2.45, 2.75) is 20.0 Å². The van der Waals surface area contributed by atoms with Gasteiger partial charge in [0.05, 0.1) is 6.21 Å². The van der Waals surface area contributed by atoms with Crippen molar-refractivity contribution < 1.29 is 15.0 Å². The van der Waals surface area contributed by atoms with Crippen LogP contribution in [0.25, 0.3) is 0 Å². The Morgan fingerprint density at radius 1 is 1.20 bits per heavy atom. The molecule has 0 saturated heterocycles. The molecule has 0 heterocycles. The summed E-state index contributed by atoms with van der Waals surface area (Å²) < 4.78 is 0. The molecule has 0 spiro atoms. The quantitative estimate of drug-likeness (QED) is 0.533. The zero-order valence-electron chi connectivity index (χ0n) is 14.4. The van der Waals surface area contributed by atoms with Crippen molar-refractivity contribution in [1.29, 1.82) is 0 Å². The van der Waals surface area contributed by atoms with E-state index >= 15 is 0 Å². The number of aliphatic hydroxyl groups excluding tert-OH is 1.